The van der Waals surface area contributed by atoms with Gasteiger partial charge in [-0.1, -0.05) is 6.42 Å². The van der Waals surface area contributed by atoms with Gasteiger partial charge in [-0.3, -0.25) is 4.79 Å². The lowest BCUT2D eigenvalue weighted by Gasteiger charge is -2.11. The summed E-state index contributed by atoms with van der Waals surface area (Å²) in [6, 6.07) is 3.63. The summed E-state index contributed by atoms with van der Waals surface area (Å²) in [5, 5.41) is 2.96. The van der Waals surface area contributed by atoms with E-state index in [1.54, 1.807) is 24.1 Å². The van der Waals surface area contributed by atoms with E-state index in [0.29, 0.717) is 17.4 Å². The highest BCUT2D eigenvalue weighted by molar-refractivity contribution is 7.99. The molecule has 0 bridgehead atoms. The van der Waals surface area contributed by atoms with E-state index in [1.165, 1.54) is 0 Å². The van der Waals surface area contributed by atoms with Crippen molar-refractivity contribution in [2.45, 2.75) is 37.2 Å². The first-order valence-electron chi connectivity index (χ1n) is 7.13. The summed E-state index contributed by atoms with van der Waals surface area (Å²) in [6.07, 6.45) is 4.68. The van der Waals surface area contributed by atoms with Crippen molar-refractivity contribution < 1.29 is 13.6 Å². The van der Waals surface area contributed by atoms with E-state index in [0.717, 1.165) is 37.3 Å². The normalized spacial score (nSPS) is 19.3. The van der Waals surface area contributed by atoms with Crippen molar-refractivity contribution in [1.82, 2.24) is 10.3 Å². The molecule has 5 nitrogen and oxygen atoms in total. The van der Waals surface area contributed by atoms with Crippen LogP contribution in [0.15, 0.2) is 27.2 Å². The molecule has 1 fully saturated rings. The van der Waals surface area contributed by atoms with Crippen molar-refractivity contribution in [2.24, 2.45) is 0 Å². The number of aromatic nitrogens is 1. The van der Waals surface area contributed by atoms with Crippen molar-refractivity contribution in [3.63, 3.8) is 0 Å². The number of carbonyl (C=O) groups excluding carboxylic acids is 1. The Balaban J connectivity index is 1.66. The number of hydrogen-bond acceptors (Lipinski definition) is 5. The largest absolute Gasteiger partial charge is 0.459 e. The molecule has 112 valence electrons. The average molecular weight is 306 g/mol. The van der Waals surface area contributed by atoms with Gasteiger partial charge in [0.2, 0.25) is 5.91 Å². The first-order valence-corrected chi connectivity index (χ1v) is 8.18. The van der Waals surface area contributed by atoms with Crippen molar-refractivity contribution in [2.75, 3.05) is 6.54 Å². The summed E-state index contributed by atoms with van der Waals surface area (Å²) in [4.78, 5) is 16.4. The van der Waals surface area contributed by atoms with Crippen molar-refractivity contribution in [3.8, 4) is 11.7 Å². The average Bonchev–Trinajstić information content (AvgIpc) is 3.07. The third-order valence-electron chi connectivity index (χ3n) is 3.53. The number of amides is 1. The first kappa shape index (κ1) is 14.3. The van der Waals surface area contributed by atoms with Crippen LogP contribution in [0.25, 0.3) is 11.7 Å². The highest BCUT2D eigenvalue weighted by Gasteiger charge is 2.22. The minimum Gasteiger partial charge on any atom is -0.459 e. The van der Waals surface area contributed by atoms with Crippen LogP contribution in [0, 0.1) is 6.92 Å². The third-order valence-corrected chi connectivity index (χ3v) is 4.82. The van der Waals surface area contributed by atoms with E-state index >= 15 is 0 Å². The van der Waals surface area contributed by atoms with E-state index in [9.17, 15) is 4.79 Å². The summed E-state index contributed by atoms with van der Waals surface area (Å²) >= 11 is 1.63. The monoisotopic (exact) mass is 306 g/mol. The van der Waals surface area contributed by atoms with Crippen LogP contribution in [0.4, 0.5) is 0 Å². The molecule has 3 rings (SSSR count). The number of thioether (sulfide) groups is 1. The van der Waals surface area contributed by atoms with Crippen LogP contribution in [0.1, 0.15) is 30.7 Å². The lowest BCUT2D eigenvalue weighted by molar-refractivity contribution is -0.120. The van der Waals surface area contributed by atoms with Gasteiger partial charge in [-0.2, -0.15) is 0 Å². The molecule has 0 spiro atoms. The smallest absolute Gasteiger partial charge is 0.263 e. The molecule has 0 aromatic carbocycles. The van der Waals surface area contributed by atoms with Crippen LogP contribution in [-0.4, -0.2) is 22.7 Å². The molecule has 0 saturated carbocycles. The number of aryl methyl sites for hydroxylation is 1. The highest BCUT2D eigenvalue weighted by atomic mass is 32.2. The fraction of sp³-hybridized carbons (Fsp3) is 0.467. The van der Waals surface area contributed by atoms with Gasteiger partial charge >= 0.3 is 0 Å². The van der Waals surface area contributed by atoms with Gasteiger partial charge in [0.15, 0.2) is 5.76 Å². The molecular formula is C15H18N2O3S. The molecular weight excluding hydrogens is 288 g/mol. The Bertz CT molecular complexity index is 606. The zero-order chi connectivity index (χ0) is 14.7. The molecule has 6 heteroatoms. The van der Waals surface area contributed by atoms with Gasteiger partial charge in [-0.25, -0.2) is 4.98 Å². The number of oxazole rings is 1. The molecule has 0 radical (unpaired) electrons. The Morgan fingerprint density at radius 3 is 3.19 bits per heavy atom. The second-order valence-corrected chi connectivity index (χ2v) is 6.28. The quantitative estimate of drug-likeness (QED) is 0.939. The van der Waals surface area contributed by atoms with E-state index in [1.807, 2.05) is 13.0 Å². The molecule has 1 aliphatic heterocycles. The first-order chi connectivity index (χ1) is 10.2. The Hall–Kier alpha value is -1.69. The van der Waals surface area contributed by atoms with Gasteiger partial charge in [-0.15, -0.1) is 11.8 Å². The number of furan rings is 1. The lowest BCUT2D eigenvalue weighted by Crippen LogP contribution is -2.30. The summed E-state index contributed by atoms with van der Waals surface area (Å²) in [6.45, 7) is 2.68. The second kappa shape index (κ2) is 6.39. The standard InChI is InChI=1S/C15H18N2O3S/c1-10-11(17-15(20-10)12-5-4-8-19-12)9-21-13-6-2-3-7-16-14(13)18/h4-5,8,13H,2-3,6-7,9H2,1H3,(H,16,18). The van der Waals surface area contributed by atoms with Gasteiger partial charge in [0.1, 0.15) is 5.76 Å². The summed E-state index contributed by atoms with van der Waals surface area (Å²) in [5.41, 5.74) is 0.878. The fourth-order valence-electron chi connectivity index (χ4n) is 2.32. The predicted molar refractivity (Wildman–Crippen MR) is 80.9 cm³/mol. The molecule has 1 aliphatic rings. The van der Waals surface area contributed by atoms with Crippen molar-refractivity contribution in [1.29, 1.82) is 0 Å². The van der Waals surface area contributed by atoms with Gasteiger partial charge in [-0.05, 0) is 31.9 Å². The molecule has 3 heterocycles. The SMILES string of the molecule is Cc1oc(-c2ccco2)nc1CSC1CCCCNC1=O. The molecule has 1 unspecified atom stereocenters. The molecule has 2 aromatic heterocycles. The topological polar surface area (TPSA) is 68.3 Å². The Labute approximate surface area is 127 Å². The van der Waals surface area contributed by atoms with Gasteiger partial charge < -0.3 is 14.2 Å². The second-order valence-electron chi connectivity index (χ2n) is 5.09. The number of nitrogens with zero attached hydrogens (tertiary/aromatic N) is 1. The minimum absolute atomic E-state index is 0.00987. The zero-order valence-corrected chi connectivity index (χ0v) is 12.7. The molecule has 1 N–H and O–H groups in total. The molecule has 21 heavy (non-hydrogen) atoms. The fourth-order valence-corrected chi connectivity index (χ4v) is 3.51. The minimum atomic E-state index is 0.00987. The molecule has 0 aliphatic carbocycles. The Morgan fingerprint density at radius 1 is 1.48 bits per heavy atom. The number of hydrogen-bond donors (Lipinski definition) is 1. The lowest BCUT2D eigenvalue weighted by atomic mass is 10.2. The van der Waals surface area contributed by atoms with E-state index in [2.05, 4.69) is 10.3 Å². The maximum Gasteiger partial charge on any atom is 0.263 e. The predicted octanol–water partition coefficient (Wildman–Crippen LogP) is 3.14. The molecule has 1 amide bonds. The van der Waals surface area contributed by atoms with Crippen molar-refractivity contribution in [3.05, 3.63) is 29.9 Å². The maximum atomic E-state index is 11.9. The van der Waals surface area contributed by atoms with Crippen molar-refractivity contribution >= 4 is 17.7 Å². The summed E-state index contributed by atoms with van der Waals surface area (Å²) in [7, 11) is 0. The molecule has 1 saturated heterocycles. The number of carbonyl (C=O) groups is 1. The van der Waals surface area contributed by atoms with Crippen LogP contribution in [0.2, 0.25) is 0 Å². The van der Waals surface area contributed by atoms with E-state index in [4.69, 9.17) is 8.83 Å². The summed E-state index contributed by atoms with van der Waals surface area (Å²) < 4.78 is 10.9. The van der Waals surface area contributed by atoms with Gasteiger partial charge in [0, 0.05) is 12.3 Å². The van der Waals surface area contributed by atoms with Crippen LogP contribution >= 0.6 is 11.8 Å². The van der Waals surface area contributed by atoms with Gasteiger partial charge in [0.25, 0.3) is 5.89 Å². The van der Waals surface area contributed by atoms with Gasteiger partial charge in [0.05, 0.1) is 17.2 Å². The Kier molecular flexibility index (Phi) is 4.34. The van der Waals surface area contributed by atoms with Crippen LogP contribution in [0.3, 0.4) is 0 Å². The Morgan fingerprint density at radius 2 is 2.38 bits per heavy atom. The summed E-state index contributed by atoms with van der Waals surface area (Å²) in [5.74, 6) is 2.72. The number of nitrogens with one attached hydrogen (secondary N) is 1. The number of rotatable bonds is 4. The van der Waals surface area contributed by atoms with Crippen LogP contribution < -0.4 is 5.32 Å². The highest BCUT2D eigenvalue weighted by Crippen LogP contribution is 2.28. The molecule has 2 aromatic rings. The van der Waals surface area contributed by atoms with Crippen LogP contribution in [0.5, 0.6) is 0 Å². The van der Waals surface area contributed by atoms with Crippen LogP contribution in [-0.2, 0) is 10.5 Å². The van der Waals surface area contributed by atoms with E-state index < -0.39 is 0 Å². The van der Waals surface area contributed by atoms with E-state index in [-0.39, 0.29) is 11.2 Å². The zero-order valence-electron chi connectivity index (χ0n) is 11.9. The molecule has 1 atom stereocenters. The third kappa shape index (κ3) is 3.32. The maximum absolute atomic E-state index is 11.9.